The van der Waals surface area contributed by atoms with Gasteiger partial charge in [-0.1, -0.05) is 170 Å². The lowest BCUT2D eigenvalue weighted by molar-refractivity contribution is 0.620. The summed E-state index contributed by atoms with van der Waals surface area (Å²) in [5.41, 5.74) is 16.6. The van der Waals surface area contributed by atoms with Gasteiger partial charge in [-0.15, -0.1) is 0 Å². The van der Waals surface area contributed by atoms with E-state index in [1.165, 1.54) is 38.9 Å². The van der Waals surface area contributed by atoms with Gasteiger partial charge in [0.2, 0.25) is 5.89 Å². The zero-order valence-electron chi connectivity index (χ0n) is 34.7. The number of rotatable bonds is 7. The van der Waals surface area contributed by atoms with Gasteiger partial charge >= 0.3 is 0 Å². The van der Waals surface area contributed by atoms with E-state index < -0.39 is 5.41 Å². The molecule has 0 spiro atoms. The van der Waals surface area contributed by atoms with Crippen LogP contribution in [0.5, 0.6) is 0 Å². The Labute approximate surface area is 369 Å². The van der Waals surface area contributed by atoms with Crippen molar-refractivity contribution in [1.29, 1.82) is 0 Å². The van der Waals surface area contributed by atoms with E-state index in [9.17, 15) is 0 Å². The molecule has 0 unspecified atom stereocenters. The molecule has 0 fully saturated rings. The van der Waals surface area contributed by atoms with E-state index in [2.05, 4.69) is 199 Å². The van der Waals surface area contributed by atoms with Gasteiger partial charge in [0.25, 0.3) is 0 Å². The average molecular weight is 819 g/mol. The Balaban J connectivity index is 1.06. The van der Waals surface area contributed by atoms with Crippen LogP contribution in [0.2, 0.25) is 0 Å². The molecule has 0 atom stereocenters. The minimum Gasteiger partial charge on any atom is -0.455 e. The molecule has 0 aliphatic heterocycles. The number of hydrogen-bond acceptors (Lipinski definition) is 4. The maximum absolute atomic E-state index is 6.76. The van der Waals surface area contributed by atoms with Crippen molar-refractivity contribution >= 4 is 60.9 Å². The Morgan fingerprint density at radius 2 is 0.984 bits per heavy atom. The van der Waals surface area contributed by atoms with E-state index >= 15 is 0 Å². The van der Waals surface area contributed by atoms with E-state index in [0.29, 0.717) is 5.89 Å². The van der Waals surface area contributed by atoms with Crippen LogP contribution >= 0.6 is 0 Å². The normalized spacial score (nSPS) is 12.8. The molecule has 1 aliphatic carbocycles. The number of fused-ring (bicyclic) bond motifs is 9. The SMILES string of the molecule is c1ccc(-c2ccc(N(c3ccc4c(c3)-c3ccccc3C4(c3ccccc3)c3ccccc3)c3cc4c5cc(-c6nc7ccccc7o6)ccc5oc4c4ccccc34)cc2)cc1. The van der Waals surface area contributed by atoms with Gasteiger partial charge in [0.1, 0.15) is 16.7 Å². The molecule has 0 bridgehead atoms. The highest BCUT2D eigenvalue weighted by molar-refractivity contribution is 6.20. The number of anilines is 3. The molecule has 10 aromatic carbocycles. The van der Waals surface area contributed by atoms with Gasteiger partial charge in [0.05, 0.1) is 11.1 Å². The molecule has 4 nitrogen and oxygen atoms in total. The summed E-state index contributed by atoms with van der Waals surface area (Å²) in [6.45, 7) is 0. The molecule has 300 valence electrons. The van der Waals surface area contributed by atoms with Gasteiger partial charge in [-0.2, -0.15) is 0 Å². The molecule has 13 rings (SSSR count). The number of benzene rings is 10. The lowest BCUT2D eigenvalue weighted by atomic mass is 9.68. The summed E-state index contributed by atoms with van der Waals surface area (Å²) in [4.78, 5) is 7.27. The van der Waals surface area contributed by atoms with Crippen LogP contribution in [-0.4, -0.2) is 4.98 Å². The van der Waals surface area contributed by atoms with Crippen molar-refractivity contribution in [3.05, 3.63) is 253 Å². The fourth-order valence-corrected chi connectivity index (χ4v) is 10.3. The van der Waals surface area contributed by atoms with Crippen LogP contribution in [0.4, 0.5) is 17.1 Å². The highest BCUT2D eigenvalue weighted by Gasteiger charge is 2.46. The first-order valence-corrected chi connectivity index (χ1v) is 21.8. The highest BCUT2D eigenvalue weighted by atomic mass is 16.3. The summed E-state index contributed by atoms with van der Waals surface area (Å²) >= 11 is 0. The number of para-hydroxylation sites is 2. The maximum atomic E-state index is 6.76. The number of hydrogen-bond donors (Lipinski definition) is 0. The summed E-state index contributed by atoms with van der Waals surface area (Å²) in [6.07, 6.45) is 0. The van der Waals surface area contributed by atoms with Crippen LogP contribution in [0.15, 0.2) is 239 Å². The zero-order chi connectivity index (χ0) is 42.2. The predicted molar refractivity (Wildman–Crippen MR) is 262 cm³/mol. The predicted octanol–water partition coefficient (Wildman–Crippen LogP) is 16.0. The minimum absolute atomic E-state index is 0.497. The van der Waals surface area contributed by atoms with Gasteiger partial charge in [0, 0.05) is 38.5 Å². The summed E-state index contributed by atoms with van der Waals surface area (Å²) < 4.78 is 13.0. The van der Waals surface area contributed by atoms with Gasteiger partial charge in [0.15, 0.2) is 5.58 Å². The quantitative estimate of drug-likeness (QED) is 0.161. The molecule has 2 aromatic heterocycles. The molecule has 12 aromatic rings. The van der Waals surface area contributed by atoms with Crippen molar-refractivity contribution in [3.8, 4) is 33.7 Å². The second-order valence-electron chi connectivity index (χ2n) is 16.6. The molecular weight excluding hydrogens is 781 g/mol. The summed E-state index contributed by atoms with van der Waals surface area (Å²) in [7, 11) is 0. The van der Waals surface area contributed by atoms with E-state index in [0.717, 1.165) is 72.0 Å². The Bertz CT molecular complexity index is 3650. The fraction of sp³-hybridized carbons (Fsp3) is 0.0167. The van der Waals surface area contributed by atoms with Gasteiger partial charge < -0.3 is 13.7 Å². The number of aromatic nitrogens is 1. The van der Waals surface area contributed by atoms with Crippen molar-refractivity contribution in [3.63, 3.8) is 0 Å². The molecule has 0 saturated carbocycles. The smallest absolute Gasteiger partial charge is 0.227 e. The number of furan rings is 1. The van der Waals surface area contributed by atoms with Crippen LogP contribution in [0.25, 0.3) is 77.5 Å². The topological polar surface area (TPSA) is 42.4 Å². The molecule has 0 amide bonds. The molecule has 1 aliphatic rings. The highest BCUT2D eigenvalue weighted by Crippen LogP contribution is 2.57. The Kier molecular flexibility index (Phi) is 8.09. The van der Waals surface area contributed by atoms with Crippen molar-refractivity contribution in [2.45, 2.75) is 5.41 Å². The van der Waals surface area contributed by atoms with Gasteiger partial charge in [-0.05, 0) is 105 Å². The lowest BCUT2D eigenvalue weighted by Gasteiger charge is -2.34. The minimum atomic E-state index is -0.497. The Hall–Kier alpha value is -8.47. The third kappa shape index (κ3) is 5.46. The van der Waals surface area contributed by atoms with Crippen molar-refractivity contribution < 1.29 is 8.83 Å². The Morgan fingerprint density at radius 1 is 0.375 bits per heavy atom. The van der Waals surface area contributed by atoms with Crippen LogP contribution < -0.4 is 4.90 Å². The molecule has 64 heavy (non-hydrogen) atoms. The van der Waals surface area contributed by atoms with Crippen LogP contribution in [0, 0.1) is 0 Å². The molecule has 0 radical (unpaired) electrons. The van der Waals surface area contributed by atoms with Crippen LogP contribution in [0.3, 0.4) is 0 Å². The molecule has 0 saturated heterocycles. The number of oxazole rings is 1. The zero-order valence-corrected chi connectivity index (χ0v) is 34.7. The first kappa shape index (κ1) is 36.2. The summed E-state index contributed by atoms with van der Waals surface area (Å²) in [6, 6.07) is 82.6. The Morgan fingerprint density at radius 3 is 1.75 bits per heavy atom. The van der Waals surface area contributed by atoms with Crippen LogP contribution in [0.1, 0.15) is 22.3 Å². The largest absolute Gasteiger partial charge is 0.455 e. The van der Waals surface area contributed by atoms with Gasteiger partial charge in [-0.25, -0.2) is 4.98 Å². The molecule has 4 heteroatoms. The first-order valence-electron chi connectivity index (χ1n) is 21.8. The van der Waals surface area contributed by atoms with E-state index in [-0.39, 0.29) is 0 Å². The van der Waals surface area contributed by atoms with Crippen molar-refractivity contribution in [2.24, 2.45) is 0 Å². The third-order valence-corrected chi connectivity index (χ3v) is 13.2. The van der Waals surface area contributed by atoms with Crippen molar-refractivity contribution in [1.82, 2.24) is 4.98 Å². The lowest BCUT2D eigenvalue weighted by Crippen LogP contribution is -2.28. The summed E-state index contributed by atoms with van der Waals surface area (Å²) in [5, 5.41) is 4.15. The average Bonchev–Trinajstić information content (AvgIpc) is 4.06. The maximum Gasteiger partial charge on any atom is 0.227 e. The fourth-order valence-electron chi connectivity index (χ4n) is 10.3. The molecular formula is C60H38N2O2. The van der Waals surface area contributed by atoms with E-state index in [4.69, 9.17) is 13.8 Å². The third-order valence-electron chi connectivity index (χ3n) is 13.2. The first-order chi connectivity index (χ1) is 31.7. The summed E-state index contributed by atoms with van der Waals surface area (Å²) in [5.74, 6) is 0.582. The van der Waals surface area contributed by atoms with Crippen LogP contribution in [-0.2, 0) is 5.41 Å². The second kappa shape index (κ2) is 14.3. The number of nitrogens with zero attached hydrogens (tertiary/aromatic N) is 2. The molecule has 0 N–H and O–H groups in total. The van der Waals surface area contributed by atoms with Crippen molar-refractivity contribution in [2.75, 3.05) is 4.90 Å². The second-order valence-corrected chi connectivity index (χ2v) is 16.6. The monoisotopic (exact) mass is 818 g/mol. The standard InChI is InChI=1S/C60H38N2O2/c1-4-16-39(17-5-1)40-28-31-44(32-29-40)62(45-33-34-53-49(37-45)46-22-12-13-25-52(46)60(53,42-18-6-2-7-19-42)43-20-8-3-9-21-43)55-38-51-50-36-41(59-61-54-26-14-15-27-57(54)64-59)30-35-56(50)63-58(51)48-24-11-10-23-47(48)55/h1-38H. The van der Waals surface area contributed by atoms with E-state index in [1.807, 2.05) is 36.4 Å². The van der Waals surface area contributed by atoms with E-state index in [1.54, 1.807) is 0 Å². The molecule has 2 heterocycles. The van der Waals surface area contributed by atoms with Gasteiger partial charge in [-0.3, -0.25) is 0 Å².